The van der Waals surface area contributed by atoms with Crippen molar-refractivity contribution < 1.29 is 28.7 Å². The molecule has 0 aliphatic carbocycles. The minimum atomic E-state index is -0.545. The fraction of sp³-hybridized carbons (Fsp3) is 0.118. The number of ketones is 1. The molecule has 134 valence electrons. The number of allylic oxidation sites excluding steroid dienone is 1. The van der Waals surface area contributed by atoms with Crippen molar-refractivity contribution in [2.24, 2.45) is 0 Å². The first-order chi connectivity index (χ1) is 12.5. The van der Waals surface area contributed by atoms with E-state index in [1.54, 1.807) is 6.07 Å². The number of nitrogens with zero attached hydrogens (tertiary/aromatic N) is 1. The lowest BCUT2D eigenvalue weighted by atomic mass is 10.0. The lowest BCUT2D eigenvalue weighted by Crippen LogP contribution is -2.02. The van der Waals surface area contributed by atoms with E-state index in [0.29, 0.717) is 10.3 Å². The van der Waals surface area contributed by atoms with Crippen LogP contribution in [-0.4, -0.2) is 30.0 Å². The van der Waals surface area contributed by atoms with Crippen LogP contribution >= 0.6 is 11.3 Å². The average molecular weight is 375 g/mol. The van der Waals surface area contributed by atoms with Gasteiger partial charge in [0.1, 0.15) is 11.3 Å². The van der Waals surface area contributed by atoms with Crippen LogP contribution < -0.4 is 9.47 Å². The molecule has 0 unspecified atom stereocenters. The van der Waals surface area contributed by atoms with Crippen molar-refractivity contribution in [3.05, 3.63) is 51.1 Å². The molecule has 2 heterocycles. The molecule has 0 saturated heterocycles. The zero-order valence-corrected chi connectivity index (χ0v) is 14.5. The summed E-state index contributed by atoms with van der Waals surface area (Å²) < 4.78 is 15.7. The smallest absolute Gasteiger partial charge is 0.324 e. The van der Waals surface area contributed by atoms with Crippen molar-refractivity contribution in [3.8, 4) is 17.2 Å². The van der Waals surface area contributed by atoms with Crippen LogP contribution in [-0.2, 0) is 0 Å². The molecule has 0 atom stereocenters. The van der Waals surface area contributed by atoms with E-state index in [0.717, 1.165) is 11.3 Å². The second kappa shape index (κ2) is 6.89. The largest absolute Gasteiger partial charge is 0.504 e. The number of carbonyl (C=O) groups is 1. The predicted octanol–water partition coefficient (Wildman–Crippen LogP) is 4.02. The summed E-state index contributed by atoms with van der Waals surface area (Å²) in [6.07, 6.45) is 4.04. The molecule has 0 amide bonds. The topological polar surface area (TPSA) is 112 Å². The number of hydrogen-bond acceptors (Lipinski definition) is 8. The van der Waals surface area contributed by atoms with Gasteiger partial charge in [0.05, 0.1) is 30.8 Å². The SMILES string of the molecule is COc1c(C(=O)/C=C/c2ccc([N+](=O)[O-])s2)c(O)c(OC)c2occc12. The summed E-state index contributed by atoms with van der Waals surface area (Å²) in [5, 5.41) is 21.6. The zero-order chi connectivity index (χ0) is 18.8. The second-order valence-corrected chi connectivity index (χ2v) is 6.18. The van der Waals surface area contributed by atoms with Gasteiger partial charge < -0.3 is 19.0 Å². The first-order valence-corrected chi connectivity index (χ1v) is 8.10. The third-order valence-corrected chi connectivity index (χ3v) is 4.64. The molecule has 0 bridgehead atoms. The maximum absolute atomic E-state index is 12.7. The molecular weight excluding hydrogens is 362 g/mol. The van der Waals surface area contributed by atoms with Crippen molar-refractivity contribution in [1.82, 2.24) is 0 Å². The van der Waals surface area contributed by atoms with E-state index in [9.17, 15) is 20.0 Å². The highest BCUT2D eigenvalue weighted by Gasteiger charge is 2.26. The Morgan fingerprint density at radius 3 is 2.62 bits per heavy atom. The highest BCUT2D eigenvalue weighted by molar-refractivity contribution is 7.16. The van der Waals surface area contributed by atoms with E-state index in [1.807, 2.05) is 0 Å². The van der Waals surface area contributed by atoms with E-state index in [1.165, 1.54) is 44.8 Å². The molecule has 9 heteroatoms. The second-order valence-electron chi connectivity index (χ2n) is 5.08. The van der Waals surface area contributed by atoms with Crippen LogP contribution in [0.1, 0.15) is 15.2 Å². The Morgan fingerprint density at radius 2 is 2.00 bits per heavy atom. The number of fused-ring (bicyclic) bond motifs is 1. The van der Waals surface area contributed by atoms with E-state index >= 15 is 0 Å². The number of aromatic hydroxyl groups is 1. The number of ether oxygens (including phenoxy) is 2. The summed E-state index contributed by atoms with van der Waals surface area (Å²) >= 11 is 0.932. The molecule has 8 nitrogen and oxygen atoms in total. The Balaban J connectivity index is 2.05. The van der Waals surface area contributed by atoms with Crippen molar-refractivity contribution in [3.63, 3.8) is 0 Å². The van der Waals surface area contributed by atoms with Gasteiger partial charge in [0.15, 0.2) is 17.1 Å². The van der Waals surface area contributed by atoms with Crippen molar-refractivity contribution in [2.45, 2.75) is 0 Å². The van der Waals surface area contributed by atoms with Gasteiger partial charge in [0.25, 0.3) is 0 Å². The summed E-state index contributed by atoms with van der Waals surface area (Å²) in [5.74, 6) is -0.774. The molecule has 1 aromatic carbocycles. The van der Waals surface area contributed by atoms with Gasteiger partial charge in [-0.1, -0.05) is 11.3 Å². The number of phenols is 1. The van der Waals surface area contributed by atoms with Crippen molar-refractivity contribution in [1.29, 1.82) is 0 Å². The average Bonchev–Trinajstić information content (AvgIpc) is 3.28. The van der Waals surface area contributed by atoms with E-state index < -0.39 is 16.5 Å². The Labute approximate surface area is 151 Å². The summed E-state index contributed by atoms with van der Waals surface area (Å²) in [6, 6.07) is 4.48. The number of carbonyl (C=O) groups excluding carboxylic acids is 1. The number of nitro groups is 1. The number of phenolic OH excluding ortho intramolecular Hbond substituents is 1. The highest BCUT2D eigenvalue weighted by atomic mass is 32.1. The molecule has 2 aromatic heterocycles. The monoisotopic (exact) mass is 375 g/mol. The van der Waals surface area contributed by atoms with Crippen molar-refractivity contribution in [2.75, 3.05) is 14.2 Å². The summed E-state index contributed by atoms with van der Waals surface area (Å²) in [4.78, 5) is 23.4. The fourth-order valence-electron chi connectivity index (χ4n) is 2.53. The standard InChI is InChI=1S/C17H13NO7S/c1-23-15-10-7-8-25-16(10)17(24-2)14(20)13(15)11(19)5-3-9-4-6-12(26-9)18(21)22/h3-8,20H,1-2H3/b5-3+. The normalized spacial score (nSPS) is 11.2. The molecule has 0 saturated carbocycles. The number of rotatable bonds is 6. The molecular formula is C17H13NO7S. The number of benzene rings is 1. The van der Waals surface area contributed by atoms with Crippen LogP contribution in [0.2, 0.25) is 0 Å². The Bertz CT molecular complexity index is 1030. The van der Waals surface area contributed by atoms with Crippen LogP contribution in [0.15, 0.2) is 35.0 Å². The highest BCUT2D eigenvalue weighted by Crippen LogP contribution is 2.45. The number of thiophene rings is 1. The molecule has 26 heavy (non-hydrogen) atoms. The summed E-state index contributed by atoms with van der Waals surface area (Å²) in [6.45, 7) is 0. The molecule has 0 aliphatic rings. The molecule has 0 spiro atoms. The third kappa shape index (κ3) is 2.88. The molecule has 0 fully saturated rings. The van der Waals surface area contributed by atoms with Gasteiger partial charge >= 0.3 is 5.00 Å². The Hall–Kier alpha value is -3.33. The molecule has 0 radical (unpaired) electrons. The molecule has 0 aliphatic heterocycles. The van der Waals surface area contributed by atoms with Gasteiger partial charge in [0.2, 0.25) is 5.75 Å². The zero-order valence-electron chi connectivity index (χ0n) is 13.7. The van der Waals surface area contributed by atoms with Crippen LogP contribution in [0.3, 0.4) is 0 Å². The van der Waals surface area contributed by atoms with Crippen LogP contribution in [0.25, 0.3) is 17.0 Å². The van der Waals surface area contributed by atoms with Crippen molar-refractivity contribution >= 4 is 39.2 Å². The van der Waals surface area contributed by atoms with Gasteiger partial charge in [-0.25, -0.2) is 0 Å². The summed E-state index contributed by atoms with van der Waals surface area (Å²) in [5.41, 5.74) is 0.178. The Morgan fingerprint density at radius 1 is 1.27 bits per heavy atom. The van der Waals surface area contributed by atoms with Gasteiger partial charge in [-0.05, 0) is 24.3 Å². The summed E-state index contributed by atoms with van der Waals surface area (Å²) in [7, 11) is 2.72. The lowest BCUT2D eigenvalue weighted by molar-refractivity contribution is -0.380. The predicted molar refractivity (Wildman–Crippen MR) is 95.3 cm³/mol. The maximum atomic E-state index is 12.7. The van der Waals surface area contributed by atoms with Crippen LogP contribution in [0.4, 0.5) is 5.00 Å². The van der Waals surface area contributed by atoms with E-state index in [-0.39, 0.29) is 27.6 Å². The number of furan rings is 1. The van der Waals surface area contributed by atoms with Gasteiger partial charge in [-0.3, -0.25) is 14.9 Å². The van der Waals surface area contributed by atoms with Crippen LogP contribution in [0.5, 0.6) is 17.2 Å². The van der Waals surface area contributed by atoms with E-state index in [4.69, 9.17) is 13.9 Å². The first kappa shape index (κ1) is 17.5. The first-order valence-electron chi connectivity index (χ1n) is 7.28. The van der Waals surface area contributed by atoms with Crippen LogP contribution in [0, 0.1) is 10.1 Å². The Kier molecular flexibility index (Phi) is 4.63. The maximum Gasteiger partial charge on any atom is 0.324 e. The molecule has 3 aromatic rings. The fourth-order valence-corrected chi connectivity index (χ4v) is 3.25. The van der Waals surface area contributed by atoms with Gasteiger partial charge in [-0.15, -0.1) is 0 Å². The minimum absolute atomic E-state index is 0.0225. The number of hydrogen-bond donors (Lipinski definition) is 1. The molecule has 3 rings (SSSR count). The van der Waals surface area contributed by atoms with Gasteiger partial charge in [-0.2, -0.15) is 0 Å². The third-order valence-electron chi connectivity index (χ3n) is 3.64. The quantitative estimate of drug-likeness (QED) is 0.300. The number of methoxy groups -OCH3 is 2. The van der Waals surface area contributed by atoms with E-state index in [2.05, 4.69) is 0 Å². The molecule has 1 N–H and O–H groups in total. The minimum Gasteiger partial charge on any atom is -0.504 e. The van der Waals surface area contributed by atoms with Gasteiger partial charge in [0, 0.05) is 10.9 Å². The lowest BCUT2D eigenvalue weighted by Gasteiger charge is -2.12.